The topological polar surface area (TPSA) is 48.1 Å². The number of nitrogens with two attached hydrogens (primary N) is 1. The third kappa shape index (κ3) is 3.58. The molecule has 0 spiro atoms. The van der Waals surface area contributed by atoms with E-state index in [-0.39, 0.29) is 6.04 Å². The van der Waals surface area contributed by atoms with Gasteiger partial charge in [0, 0.05) is 17.9 Å². The Labute approximate surface area is 119 Å². The highest BCUT2D eigenvalue weighted by Crippen LogP contribution is 2.28. The summed E-state index contributed by atoms with van der Waals surface area (Å²) < 4.78 is 5.81. The highest BCUT2D eigenvalue weighted by Gasteiger charge is 2.23. The van der Waals surface area contributed by atoms with Gasteiger partial charge in [-0.05, 0) is 55.5 Å². The SMILES string of the molecule is NC(CCc1ccccn1)c1cccc(OC2CC2)c1. The summed E-state index contributed by atoms with van der Waals surface area (Å²) in [5.74, 6) is 0.943. The molecule has 104 valence electrons. The second kappa shape index (κ2) is 6.06. The number of benzene rings is 1. The van der Waals surface area contributed by atoms with Crippen molar-refractivity contribution in [2.75, 3.05) is 0 Å². The van der Waals surface area contributed by atoms with Gasteiger partial charge in [-0.15, -0.1) is 0 Å². The molecule has 0 saturated heterocycles. The fraction of sp³-hybridized carbons (Fsp3) is 0.353. The molecule has 1 saturated carbocycles. The predicted molar refractivity (Wildman–Crippen MR) is 79.6 cm³/mol. The lowest BCUT2D eigenvalue weighted by atomic mass is 10.0. The normalized spacial score (nSPS) is 15.8. The van der Waals surface area contributed by atoms with Crippen molar-refractivity contribution in [1.29, 1.82) is 0 Å². The van der Waals surface area contributed by atoms with Crippen molar-refractivity contribution in [3.8, 4) is 5.75 Å². The van der Waals surface area contributed by atoms with Crippen molar-refractivity contribution in [1.82, 2.24) is 4.98 Å². The first-order chi connectivity index (χ1) is 9.81. The van der Waals surface area contributed by atoms with E-state index in [0.717, 1.165) is 29.8 Å². The first-order valence-corrected chi connectivity index (χ1v) is 7.23. The van der Waals surface area contributed by atoms with Crippen molar-refractivity contribution in [3.63, 3.8) is 0 Å². The molecule has 1 fully saturated rings. The van der Waals surface area contributed by atoms with Gasteiger partial charge >= 0.3 is 0 Å². The number of aromatic nitrogens is 1. The van der Waals surface area contributed by atoms with E-state index in [9.17, 15) is 0 Å². The maximum absolute atomic E-state index is 6.27. The predicted octanol–water partition coefficient (Wildman–Crippen LogP) is 3.26. The molecule has 0 radical (unpaired) electrons. The first-order valence-electron chi connectivity index (χ1n) is 7.23. The van der Waals surface area contributed by atoms with Crippen LogP contribution in [-0.4, -0.2) is 11.1 Å². The zero-order valence-electron chi connectivity index (χ0n) is 11.5. The zero-order chi connectivity index (χ0) is 13.8. The summed E-state index contributed by atoms with van der Waals surface area (Å²) >= 11 is 0. The molecule has 3 nitrogen and oxygen atoms in total. The fourth-order valence-electron chi connectivity index (χ4n) is 2.21. The molecule has 2 N–H and O–H groups in total. The van der Waals surface area contributed by atoms with Crippen LogP contribution in [0, 0.1) is 0 Å². The van der Waals surface area contributed by atoms with E-state index < -0.39 is 0 Å². The highest BCUT2D eigenvalue weighted by molar-refractivity contribution is 5.31. The minimum atomic E-state index is 0.0276. The van der Waals surface area contributed by atoms with Gasteiger partial charge in [-0.2, -0.15) is 0 Å². The van der Waals surface area contributed by atoms with Crippen molar-refractivity contribution >= 4 is 0 Å². The lowest BCUT2D eigenvalue weighted by Gasteiger charge is -2.13. The number of hydrogen-bond acceptors (Lipinski definition) is 3. The number of aryl methyl sites for hydroxylation is 1. The maximum Gasteiger partial charge on any atom is 0.120 e. The maximum atomic E-state index is 6.27. The molecular weight excluding hydrogens is 248 g/mol. The molecule has 1 aromatic heterocycles. The third-order valence-corrected chi connectivity index (χ3v) is 3.55. The van der Waals surface area contributed by atoms with Gasteiger partial charge in [0.1, 0.15) is 5.75 Å². The van der Waals surface area contributed by atoms with Crippen LogP contribution < -0.4 is 10.5 Å². The van der Waals surface area contributed by atoms with Gasteiger partial charge in [-0.1, -0.05) is 18.2 Å². The molecule has 20 heavy (non-hydrogen) atoms. The van der Waals surface area contributed by atoms with E-state index in [1.165, 1.54) is 12.8 Å². The van der Waals surface area contributed by atoms with Gasteiger partial charge in [0.15, 0.2) is 0 Å². The van der Waals surface area contributed by atoms with Gasteiger partial charge in [0.05, 0.1) is 6.10 Å². The fourth-order valence-corrected chi connectivity index (χ4v) is 2.21. The molecule has 1 unspecified atom stereocenters. The van der Waals surface area contributed by atoms with Crippen LogP contribution in [0.2, 0.25) is 0 Å². The lowest BCUT2D eigenvalue weighted by Crippen LogP contribution is -2.12. The van der Waals surface area contributed by atoms with Gasteiger partial charge in [-0.3, -0.25) is 4.98 Å². The molecule has 1 aromatic carbocycles. The molecule has 0 aliphatic heterocycles. The van der Waals surface area contributed by atoms with E-state index in [1.807, 2.05) is 36.5 Å². The smallest absolute Gasteiger partial charge is 0.120 e. The minimum Gasteiger partial charge on any atom is -0.490 e. The summed E-state index contributed by atoms with van der Waals surface area (Å²) in [6.45, 7) is 0. The molecule has 1 aliphatic rings. The van der Waals surface area contributed by atoms with Crippen LogP contribution in [0.5, 0.6) is 5.75 Å². The Kier molecular flexibility index (Phi) is 3.97. The number of pyridine rings is 1. The highest BCUT2D eigenvalue weighted by atomic mass is 16.5. The summed E-state index contributed by atoms with van der Waals surface area (Å²) in [6.07, 6.45) is 6.39. The summed E-state index contributed by atoms with van der Waals surface area (Å²) in [5, 5.41) is 0. The summed E-state index contributed by atoms with van der Waals surface area (Å²) in [4.78, 5) is 4.33. The van der Waals surface area contributed by atoms with Gasteiger partial charge < -0.3 is 10.5 Å². The average Bonchev–Trinajstić information content (AvgIpc) is 3.30. The van der Waals surface area contributed by atoms with E-state index in [4.69, 9.17) is 10.5 Å². The van der Waals surface area contributed by atoms with Gasteiger partial charge in [0.2, 0.25) is 0 Å². The average molecular weight is 268 g/mol. The Balaban J connectivity index is 1.59. The Morgan fingerprint density at radius 2 is 2.10 bits per heavy atom. The van der Waals surface area contributed by atoms with Crippen molar-refractivity contribution < 1.29 is 4.74 Å². The Bertz CT molecular complexity index is 552. The van der Waals surface area contributed by atoms with Crippen LogP contribution in [0.25, 0.3) is 0 Å². The quantitative estimate of drug-likeness (QED) is 0.874. The summed E-state index contributed by atoms with van der Waals surface area (Å²) in [5.41, 5.74) is 8.50. The van der Waals surface area contributed by atoms with Crippen molar-refractivity contribution in [2.45, 2.75) is 37.8 Å². The molecule has 1 aliphatic carbocycles. The third-order valence-electron chi connectivity index (χ3n) is 3.55. The van der Waals surface area contributed by atoms with E-state index in [2.05, 4.69) is 17.1 Å². The second-order valence-electron chi connectivity index (χ2n) is 5.36. The number of ether oxygens (including phenoxy) is 1. The van der Waals surface area contributed by atoms with Gasteiger partial charge in [-0.25, -0.2) is 0 Å². The van der Waals surface area contributed by atoms with Crippen LogP contribution in [0.15, 0.2) is 48.7 Å². The molecule has 2 aromatic rings. The monoisotopic (exact) mass is 268 g/mol. The lowest BCUT2D eigenvalue weighted by molar-refractivity contribution is 0.302. The standard InChI is InChI=1S/C17H20N2O/c18-17(10-7-14-5-1-2-11-19-14)13-4-3-6-16(12-13)20-15-8-9-15/h1-6,11-12,15,17H,7-10,18H2. The Morgan fingerprint density at radius 3 is 2.85 bits per heavy atom. The van der Waals surface area contributed by atoms with Crippen LogP contribution in [-0.2, 0) is 6.42 Å². The van der Waals surface area contributed by atoms with Crippen LogP contribution in [0.1, 0.15) is 36.6 Å². The van der Waals surface area contributed by atoms with Crippen LogP contribution in [0.3, 0.4) is 0 Å². The van der Waals surface area contributed by atoms with Crippen LogP contribution >= 0.6 is 0 Å². The summed E-state index contributed by atoms with van der Waals surface area (Å²) in [6, 6.07) is 14.2. The number of hydrogen-bond donors (Lipinski definition) is 1. The molecule has 3 rings (SSSR count). The van der Waals surface area contributed by atoms with E-state index >= 15 is 0 Å². The molecule has 0 bridgehead atoms. The largest absolute Gasteiger partial charge is 0.490 e. The zero-order valence-corrected chi connectivity index (χ0v) is 11.5. The second-order valence-corrected chi connectivity index (χ2v) is 5.36. The Hall–Kier alpha value is -1.87. The van der Waals surface area contributed by atoms with Crippen molar-refractivity contribution in [3.05, 3.63) is 59.9 Å². The molecule has 1 atom stereocenters. The number of nitrogens with zero attached hydrogens (tertiary/aromatic N) is 1. The summed E-state index contributed by atoms with van der Waals surface area (Å²) in [7, 11) is 0. The van der Waals surface area contributed by atoms with Gasteiger partial charge in [0.25, 0.3) is 0 Å². The van der Waals surface area contributed by atoms with E-state index in [1.54, 1.807) is 0 Å². The number of rotatable bonds is 6. The first kappa shape index (κ1) is 13.1. The molecule has 0 amide bonds. The molecule has 3 heteroatoms. The molecule has 1 heterocycles. The Morgan fingerprint density at radius 1 is 1.20 bits per heavy atom. The van der Waals surface area contributed by atoms with Crippen molar-refractivity contribution in [2.24, 2.45) is 5.73 Å². The molecular formula is C17H20N2O. The minimum absolute atomic E-state index is 0.0276. The van der Waals surface area contributed by atoms with Crippen LogP contribution in [0.4, 0.5) is 0 Å². The van der Waals surface area contributed by atoms with E-state index in [0.29, 0.717) is 6.10 Å².